The molecule has 2 aromatic rings. The quantitative estimate of drug-likeness (QED) is 0.693. The normalized spacial score (nSPS) is 11.5. The van der Waals surface area contributed by atoms with Gasteiger partial charge >= 0.3 is 0 Å². The molecule has 2 aromatic carbocycles. The Balaban J connectivity index is 2.03. The van der Waals surface area contributed by atoms with Crippen LogP contribution < -0.4 is 20.1 Å². The monoisotopic (exact) mass is 358 g/mol. The van der Waals surface area contributed by atoms with E-state index in [1.54, 1.807) is 0 Å². The van der Waals surface area contributed by atoms with Gasteiger partial charge in [0, 0.05) is 5.69 Å². The number of hydrogen-bond donors (Lipinski definition) is 2. The minimum absolute atomic E-state index is 0.0420. The van der Waals surface area contributed by atoms with Crippen LogP contribution in [-0.4, -0.2) is 18.3 Å². The number of benzene rings is 2. The first-order valence-electron chi connectivity index (χ1n) is 8.57. The molecule has 0 bridgehead atoms. The van der Waals surface area contributed by atoms with E-state index in [-0.39, 0.29) is 6.04 Å². The van der Waals surface area contributed by atoms with E-state index in [9.17, 15) is 0 Å². The van der Waals surface area contributed by atoms with Crippen molar-refractivity contribution >= 4 is 23.0 Å². The van der Waals surface area contributed by atoms with Crippen molar-refractivity contribution in [2.45, 2.75) is 33.7 Å². The van der Waals surface area contributed by atoms with Crippen molar-refractivity contribution in [2.24, 2.45) is 0 Å². The smallest absolute Gasteiger partial charge is 0.171 e. The Hall–Kier alpha value is -2.27. The molecule has 0 amide bonds. The summed E-state index contributed by atoms with van der Waals surface area (Å²) in [5.41, 5.74) is 3.27. The number of ether oxygens (including phenoxy) is 2. The molecule has 0 radical (unpaired) electrons. The lowest BCUT2D eigenvalue weighted by atomic mass is 10.1. The Morgan fingerprint density at radius 2 is 1.64 bits per heavy atom. The molecule has 2 N–H and O–H groups in total. The summed E-state index contributed by atoms with van der Waals surface area (Å²) in [7, 11) is 0. The van der Waals surface area contributed by atoms with Gasteiger partial charge in [0.15, 0.2) is 16.6 Å². The van der Waals surface area contributed by atoms with Gasteiger partial charge in [-0.2, -0.15) is 0 Å². The third kappa shape index (κ3) is 5.64. The van der Waals surface area contributed by atoms with E-state index in [2.05, 4.69) is 36.6 Å². The zero-order valence-corrected chi connectivity index (χ0v) is 16.1. The summed E-state index contributed by atoms with van der Waals surface area (Å²) in [4.78, 5) is 0. The Morgan fingerprint density at radius 3 is 2.28 bits per heavy atom. The van der Waals surface area contributed by atoms with Crippen molar-refractivity contribution in [3.8, 4) is 11.5 Å². The third-order valence-electron chi connectivity index (χ3n) is 3.72. The number of anilines is 1. The second kappa shape index (κ2) is 9.28. The summed E-state index contributed by atoms with van der Waals surface area (Å²) in [6, 6.07) is 14.1. The molecule has 25 heavy (non-hydrogen) atoms. The maximum atomic E-state index is 5.69. The molecule has 1 unspecified atom stereocenters. The Bertz CT molecular complexity index is 701. The molecule has 5 heteroatoms. The minimum Gasteiger partial charge on any atom is -0.490 e. The first kappa shape index (κ1) is 19.1. The van der Waals surface area contributed by atoms with Crippen LogP contribution in [0.5, 0.6) is 11.5 Å². The van der Waals surface area contributed by atoms with E-state index in [1.165, 1.54) is 5.56 Å². The summed E-state index contributed by atoms with van der Waals surface area (Å²) in [5, 5.41) is 7.10. The average Bonchev–Trinajstić information content (AvgIpc) is 2.59. The first-order valence-corrected chi connectivity index (χ1v) is 8.98. The molecule has 0 aliphatic carbocycles. The molecule has 0 saturated carbocycles. The van der Waals surface area contributed by atoms with E-state index in [4.69, 9.17) is 21.7 Å². The third-order valence-corrected chi connectivity index (χ3v) is 3.94. The molecule has 0 spiro atoms. The van der Waals surface area contributed by atoms with Crippen LogP contribution in [-0.2, 0) is 0 Å². The maximum absolute atomic E-state index is 5.69. The second-order valence-electron chi connectivity index (χ2n) is 5.76. The average molecular weight is 359 g/mol. The van der Waals surface area contributed by atoms with Gasteiger partial charge in [-0.15, -0.1) is 0 Å². The standard InChI is InChI=1S/C20H26N2O2S/c1-5-23-18-12-9-16(13-19(18)24-6-2)15(4)21-20(25)22-17-10-7-14(3)8-11-17/h7-13,15H,5-6H2,1-4H3,(H2,21,22,25). The summed E-state index contributed by atoms with van der Waals surface area (Å²) in [5.74, 6) is 1.52. The van der Waals surface area contributed by atoms with Crippen LogP contribution in [0.3, 0.4) is 0 Å². The van der Waals surface area contributed by atoms with Gasteiger partial charge in [0.05, 0.1) is 19.3 Å². The van der Waals surface area contributed by atoms with Gasteiger partial charge in [-0.3, -0.25) is 0 Å². The highest BCUT2D eigenvalue weighted by Crippen LogP contribution is 2.30. The topological polar surface area (TPSA) is 42.5 Å². The molecule has 0 aliphatic rings. The van der Waals surface area contributed by atoms with E-state index in [1.807, 2.05) is 44.2 Å². The van der Waals surface area contributed by atoms with Crippen LogP contribution in [0.4, 0.5) is 5.69 Å². The second-order valence-corrected chi connectivity index (χ2v) is 6.17. The van der Waals surface area contributed by atoms with Gasteiger partial charge in [-0.25, -0.2) is 0 Å². The highest BCUT2D eigenvalue weighted by atomic mass is 32.1. The lowest BCUT2D eigenvalue weighted by Crippen LogP contribution is -2.30. The number of nitrogens with one attached hydrogen (secondary N) is 2. The van der Waals surface area contributed by atoms with Crippen molar-refractivity contribution in [3.05, 3.63) is 53.6 Å². The molecular formula is C20H26N2O2S. The SMILES string of the molecule is CCOc1ccc(C(C)NC(=S)Nc2ccc(C)cc2)cc1OCC. The molecule has 0 fully saturated rings. The molecule has 134 valence electrons. The van der Waals surface area contributed by atoms with Gasteiger partial charge in [0.1, 0.15) is 0 Å². The first-order chi connectivity index (χ1) is 12.0. The predicted molar refractivity (Wildman–Crippen MR) is 108 cm³/mol. The molecule has 0 saturated heterocycles. The van der Waals surface area contributed by atoms with Crippen LogP contribution in [0.2, 0.25) is 0 Å². The zero-order valence-electron chi connectivity index (χ0n) is 15.3. The summed E-state index contributed by atoms with van der Waals surface area (Å²) >= 11 is 5.42. The molecule has 4 nitrogen and oxygen atoms in total. The number of hydrogen-bond acceptors (Lipinski definition) is 3. The molecule has 1 atom stereocenters. The highest BCUT2D eigenvalue weighted by Gasteiger charge is 2.12. The zero-order chi connectivity index (χ0) is 18.2. The Kier molecular flexibility index (Phi) is 7.07. The fourth-order valence-electron chi connectivity index (χ4n) is 2.42. The molecule has 0 heterocycles. The fraction of sp³-hybridized carbons (Fsp3) is 0.350. The van der Waals surface area contributed by atoms with Crippen LogP contribution in [0, 0.1) is 6.92 Å². The fourth-order valence-corrected chi connectivity index (χ4v) is 2.72. The molecule has 0 aromatic heterocycles. The van der Waals surface area contributed by atoms with Crippen LogP contribution in [0.15, 0.2) is 42.5 Å². The van der Waals surface area contributed by atoms with Crippen LogP contribution in [0.1, 0.15) is 37.9 Å². The minimum atomic E-state index is 0.0420. The lowest BCUT2D eigenvalue weighted by molar-refractivity contribution is 0.287. The lowest BCUT2D eigenvalue weighted by Gasteiger charge is -2.19. The summed E-state index contributed by atoms with van der Waals surface area (Å²) < 4.78 is 11.3. The predicted octanol–water partition coefficient (Wildman–Crippen LogP) is 4.84. The van der Waals surface area contributed by atoms with Crippen molar-refractivity contribution in [1.82, 2.24) is 5.32 Å². The largest absolute Gasteiger partial charge is 0.490 e. The van der Waals surface area contributed by atoms with E-state index in [0.717, 1.165) is 22.7 Å². The van der Waals surface area contributed by atoms with E-state index in [0.29, 0.717) is 18.3 Å². The van der Waals surface area contributed by atoms with Gasteiger partial charge in [-0.1, -0.05) is 23.8 Å². The van der Waals surface area contributed by atoms with Gasteiger partial charge in [0.2, 0.25) is 0 Å². The van der Waals surface area contributed by atoms with E-state index < -0.39 is 0 Å². The summed E-state index contributed by atoms with van der Waals surface area (Å²) in [6.07, 6.45) is 0. The van der Waals surface area contributed by atoms with Gasteiger partial charge < -0.3 is 20.1 Å². The molecule has 0 aliphatic heterocycles. The molecular weight excluding hydrogens is 332 g/mol. The Labute approximate surface area is 155 Å². The van der Waals surface area contributed by atoms with Crippen molar-refractivity contribution in [3.63, 3.8) is 0 Å². The van der Waals surface area contributed by atoms with Gasteiger partial charge in [0.25, 0.3) is 0 Å². The Morgan fingerprint density at radius 1 is 1.00 bits per heavy atom. The van der Waals surface area contributed by atoms with Crippen molar-refractivity contribution in [1.29, 1.82) is 0 Å². The summed E-state index contributed by atoms with van der Waals surface area (Å²) in [6.45, 7) is 9.25. The van der Waals surface area contributed by atoms with Gasteiger partial charge in [-0.05, 0) is 69.7 Å². The highest BCUT2D eigenvalue weighted by molar-refractivity contribution is 7.80. The number of aryl methyl sites for hydroxylation is 1. The number of rotatable bonds is 7. The van der Waals surface area contributed by atoms with Crippen LogP contribution >= 0.6 is 12.2 Å². The van der Waals surface area contributed by atoms with Crippen molar-refractivity contribution in [2.75, 3.05) is 18.5 Å². The van der Waals surface area contributed by atoms with Crippen molar-refractivity contribution < 1.29 is 9.47 Å². The van der Waals surface area contributed by atoms with Crippen LogP contribution in [0.25, 0.3) is 0 Å². The molecule has 2 rings (SSSR count). The number of thiocarbonyl (C=S) groups is 1. The maximum Gasteiger partial charge on any atom is 0.171 e. The van der Waals surface area contributed by atoms with E-state index >= 15 is 0 Å².